The zero-order valence-corrected chi connectivity index (χ0v) is 9.99. The highest BCUT2D eigenvalue weighted by Gasteiger charge is 2.13. The fraction of sp³-hybridized carbons (Fsp3) is 0.727. The number of hydrogen-bond donors (Lipinski definition) is 0. The fourth-order valence-corrected chi connectivity index (χ4v) is 1.75. The molecule has 3 heteroatoms. The molecule has 0 N–H and O–H groups in total. The Morgan fingerprint density at radius 1 is 1.21 bits per heavy atom. The van der Waals surface area contributed by atoms with Crippen LogP contribution in [0.25, 0.3) is 0 Å². The van der Waals surface area contributed by atoms with E-state index in [9.17, 15) is 4.79 Å². The van der Waals surface area contributed by atoms with Crippen LogP contribution < -0.4 is 0 Å². The predicted octanol–water partition coefficient (Wildman–Crippen LogP) is 3.30. The fourth-order valence-electron chi connectivity index (χ4n) is 1.45. The molecule has 0 bridgehead atoms. The van der Waals surface area contributed by atoms with Crippen molar-refractivity contribution in [3.05, 3.63) is 11.1 Å². The smallest absolute Gasteiger partial charge is 0.334 e. The van der Waals surface area contributed by atoms with Gasteiger partial charge in [-0.05, 0) is 12.8 Å². The molecule has 0 aliphatic carbocycles. The van der Waals surface area contributed by atoms with Crippen LogP contribution in [-0.2, 0) is 9.53 Å². The van der Waals surface area contributed by atoms with Crippen molar-refractivity contribution in [3.8, 4) is 0 Å². The van der Waals surface area contributed by atoms with E-state index in [2.05, 4.69) is 13.8 Å². The standard InChI is InChI=1S/C11H19ClO2/c1-4-6-9(7-5-2)10(8-12)11(13)14-3/h4-8H2,1-3H3. The van der Waals surface area contributed by atoms with Crippen LogP contribution in [0.3, 0.4) is 0 Å². The van der Waals surface area contributed by atoms with E-state index < -0.39 is 0 Å². The van der Waals surface area contributed by atoms with Crippen LogP contribution in [0.5, 0.6) is 0 Å². The van der Waals surface area contributed by atoms with E-state index in [1.807, 2.05) is 0 Å². The zero-order valence-electron chi connectivity index (χ0n) is 9.23. The molecule has 0 fully saturated rings. The molecule has 0 aliphatic rings. The Morgan fingerprint density at radius 2 is 1.71 bits per heavy atom. The molecular formula is C11H19ClO2. The van der Waals surface area contributed by atoms with Gasteiger partial charge in [0.25, 0.3) is 0 Å². The number of carbonyl (C=O) groups is 1. The van der Waals surface area contributed by atoms with Crippen molar-refractivity contribution in [1.29, 1.82) is 0 Å². The quantitative estimate of drug-likeness (QED) is 0.389. The average Bonchev–Trinajstić information content (AvgIpc) is 2.19. The molecule has 0 heterocycles. The van der Waals surface area contributed by atoms with Crippen molar-refractivity contribution >= 4 is 17.6 Å². The molecule has 0 aliphatic heterocycles. The average molecular weight is 219 g/mol. The van der Waals surface area contributed by atoms with Gasteiger partial charge < -0.3 is 4.74 Å². The van der Waals surface area contributed by atoms with Crippen molar-refractivity contribution < 1.29 is 9.53 Å². The van der Waals surface area contributed by atoms with Crippen molar-refractivity contribution in [2.24, 2.45) is 0 Å². The molecule has 2 nitrogen and oxygen atoms in total. The molecule has 0 aromatic rings. The zero-order chi connectivity index (χ0) is 11.0. The molecule has 0 aromatic carbocycles. The number of ether oxygens (including phenoxy) is 1. The van der Waals surface area contributed by atoms with Gasteiger partial charge in [-0.3, -0.25) is 0 Å². The van der Waals surface area contributed by atoms with Crippen LogP contribution in [0, 0.1) is 0 Å². The summed E-state index contributed by atoms with van der Waals surface area (Å²) in [6.45, 7) is 4.19. The molecule has 0 amide bonds. The van der Waals surface area contributed by atoms with Crippen LogP contribution in [-0.4, -0.2) is 19.0 Å². The molecule has 0 aromatic heterocycles. The molecule has 0 saturated heterocycles. The summed E-state index contributed by atoms with van der Waals surface area (Å²) in [4.78, 5) is 11.4. The molecule has 0 spiro atoms. The first-order valence-electron chi connectivity index (χ1n) is 5.06. The third-order valence-corrected chi connectivity index (χ3v) is 2.36. The molecule has 0 saturated carbocycles. The first-order chi connectivity index (χ1) is 6.71. The normalized spacial score (nSPS) is 9.71. The van der Waals surface area contributed by atoms with E-state index >= 15 is 0 Å². The van der Waals surface area contributed by atoms with Gasteiger partial charge in [0.15, 0.2) is 0 Å². The van der Waals surface area contributed by atoms with Crippen molar-refractivity contribution in [1.82, 2.24) is 0 Å². The monoisotopic (exact) mass is 218 g/mol. The van der Waals surface area contributed by atoms with Gasteiger partial charge in [0.2, 0.25) is 0 Å². The predicted molar refractivity (Wildman–Crippen MR) is 59.6 cm³/mol. The number of allylic oxidation sites excluding steroid dienone is 1. The summed E-state index contributed by atoms with van der Waals surface area (Å²) in [6.07, 6.45) is 3.94. The summed E-state index contributed by atoms with van der Waals surface area (Å²) in [5.41, 5.74) is 1.80. The second kappa shape index (κ2) is 7.86. The lowest BCUT2D eigenvalue weighted by molar-refractivity contribution is -0.136. The Morgan fingerprint density at radius 3 is 2.00 bits per heavy atom. The Balaban J connectivity index is 4.76. The van der Waals surface area contributed by atoms with Gasteiger partial charge >= 0.3 is 5.97 Å². The largest absolute Gasteiger partial charge is 0.466 e. The van der Waals surface area contributed by atoms with Gasteiger partial charge in [-0.15, -0.1) is 11.6 Å². The van der Waals surface area contributed by atoms with Crippen LogP contribution in [0.2, 0.25) is 0 Å². The van der Waals surface area contributed by atoms with Gasteiger partial charge in [0, 0.05) is 0 Å². The molecule has 14 heavy (non-hydrogen) atoms. The highest BCUT2D eigenvalue weighted by atomic mass is 35.5. The first kappa shape index (κ1) is 13.5. The molecule has 82 valence electrons. The third kappa shape index (κ3) is 4.14. The van der Waals surface area contributed by atoms with Crippen molar-refractivity contribution in [3.63, 3.8) is 0 Å². The van der Waals surface area contributed by atoms with E-state index in [-0.39, 0.29) is 11.8 Å². The van der Waals surface area contributed by atoms with Crippen LogP contribution in [0.1, 0.15) is 39.5 Å². The third-order valence-electron chi connectivity index (χ3n) is 2.10. The highest BCUT2D eigenvalue weighted by molar-refractivity contribution is 6.22. The second-order valence-corrected chi connectivity index (χ2v) is 3.47. The van der Waals surface area contributed by atoms with E-state index in [1.165, 1.54) is 7.11 Å². The Hall–Kier alpha value is -0.500. The van der Waals surface area contributed by atoms with Gasteiger partial charge in [-0.1, -0.05) is 32.3 Å². The van der Waals surface area contributed by atoms with Gasteiger partial charge in [0.05, 0.1) is 18.6 Å². The molecule has 0 rings (SSSR count). The topological polar surface area (TPSA) is 26.3 Å². The van der Waals surface area contributed by atoms with E-state index in [0.29, 0.717) is 5.57 Å². The number of hydrogen-bond acceptors (Lipinski definition) is 2. The lowest BCUT2D eigenvalue weighted by Crippen LogP contribution is -2.09. The number of rotatable bonds is 6. The van der Waals surface area contributed by atoms with Gasteiger partial charge in [0.1, 0.15) is 0 Å². The van der Waals surface area contributed by atoms with Crippen molar-refractivity contribution in [2.75, 3.05) is 13.0 Å². The van der Waals surface area contributed by atoms with Crippen LogP contribution in [0.4, 0.5) is 0 Å². The number of carbonyl (C=O) groups excluding carboxylic acids is 1. The number of methoxy groups -OCH3 is 1. The minimum atomic E-state index is -0.281. The Kier molecular flexibility index (Phi) is 7.58. The number of alkyl halides is 1. The molecule has 0 atom stereocenters. The minimum absolute atomic E-state index is 0.252. The van der Waals surface area contributed by atoms with Crippen molar-refractivity contribution in [2.45, 2.75) is 39.5 Å². The summed E-state index contributed by atoms with van der Waals surface area (Å²) in [7, 11) is 1.39. The van der Waals surface area contributed by atoms with Gasteiger partial charge in [-0.2, -0.15) is 0 Å². The maximum Gasteiger partial charge on any atom is 0.334 e. The summed E-state index contributed by atoms with van der Waals surface area (Å²) >= 11 is 5.75. The lowest BCUT2D eigenvalue weighted by Gasteiger charge is -2.10. The molecule has 0 radical (unpaired) electrons. The number of halogens is 1. The Bertz CT molecular complexity index is 201. The van der Waals surface area contributed by atoms with E-state index in [1.54, 1.807) is 0 Å². The van der Waals surface area contributed by atoms with Gasteiger partial charge in [-0.25, -0.2) is 4.79 Å². The minimum Gasteiger partial charge on any atom is -0.466 e. The maximum atomic E-state index is 11.4. The Labute approximate surface area is 91.3 Å². The van der Waals surface area contributed by atoms with E-state index in [4.69, 9.17) is 16.3 Å². The van der Waals surface area contributed by atoms with Crippen LogP contribution >= 0.6 is 11.6 Å². The van der Waals surface area contributed by atoms with Crippen LogP contribution in [0.15, 0.2) is 11.1 Å². The molecule has 0 unspecified atom stereocenters. The SMILES string of the molecule is CCCC(CCC)=C(CCl)C(=O)OC. The van der Waals surface area contributed by atoms with E-state index in [0.717, 1.165) is 31.3 Å². The summed E-state index contributed by atoms with van der Waals surface area (Å²) in [5.74, 6) is -0.0287. The second-order valence-electron chi connectivity index (χ2n) is 3.21. The summed E-state index contributed by atoms with van der Waals surface area (Å²) < 4.78 is 4.70. The number of esters is 1. The first-order valence-corrected chi connectivity index (χ1v) is 5.59. The summed E-state index contributed by atoms with van der Waals surface area (Å²) in [5, 5.41) is 0. The lowest BCUT2D eigenvalue weighted by atomic mass is 10.00. The molecular weight excluding hydrogens is 200 g/mol. The highest BCUT2D eigenvalue weighted by Crippen LogP contribution is 2.19. The summed E-state index contributed by atoms with van der Waals surface area (Å²) in [6, 6.07) is 0. The maximum absolute atomic E-state index is 11.4.